The second kappa shape index (κ2) is 4.97. The zero-order valence-corrected chi connectivity index (χ0v) is 9.90. The summed E-state index contributed by atoms with van der Waals surface area (Å²) in [4.78, 5) is 7.14. The highest BCUT2D eigenvalue weighted by Gasteiger charge is 2.00. The van der Waals surface area contributed by atoms with Gasteiger partial charge in [-0.05, 0) is 23.5 Å². The van der Waals surface area contributed by atoms with Gasteiger partial charge in [0, 0.05) is 18.3 Å². The zero-order chi connectivity index (χ0) is 11.4. The highest BCUT2D eigenvalue weighted by molar-refractivity contribution is 5.25. The van der Waals surface area contributed by atoms with Gasteiger partial charge in [-0.3, -0.25) is 0 Å². The molecule has 2 aromatic rings. The first kappa shape index (κ1) is 10.9. The van der Waals surface area contributed by atoms with Gasteiger partial charge in [-0.15, -0.1) is 0 Å². The summed E-state index contributed by atoms with van der Waals surface area (Å²) in [6, 6.07) is 8.87. The second-order valence-corrected chi connectivity index (χ2v) is 4.67. The summed E-state index contributed by atoms with van der Waals surface area (Å²) >= 11 is 0. The summed E-state index contributed by atoms with van der Waals surface area (Å²) in [7, 11) is 0. The quantitative estimate of drug-likeness (QED) is 0.832. The van der Waals surface area contributed by atoms with Gasteiger partial charge < -0.3 is 4.98 Å². The number of aromatic nitrogens is 2. The molecular weight excluding hydrogens is 196 g/mol. The number of aromatic amines is 1. The molecule has 0 saturated carbocycles. The second-order valence-electron chi connectivity index (χ2n) is 4.67. The van der Waals surface area contributed by atoms with Gasteiger partial charge in [0.1, 0.15) is 0 Å². The lowest BCUT2D eigenvalue weighted by Crippen LogP contribution is -1.94. The Labute approximate surface area is 96.7 Å². The number of imidazole rings is 1. The Bertz CT molecular complexity index is 413. The lowest BCUT2D eigenvalue weighted by Gasteiger charge is -2.05. The molecule has 2 nitrogen and oxygen atoms in total. The fourth-order valence-electron chi connectivity index (χ4n) is 1.87. The van der Waals surface area contributed by atoms with Crippen LogP contribution in [0.5, 0.6) is 0 Å². The van der Waals surface area contributed by atoms with Crippen molar-refractivity contribution in [2.24, 2.45) is 5.92 Å². The summed E-state index contributed by atoms with van der Waals surface area (Å²) in [5, 5.41) is 0. The SMILES string of the molecule is CC(C)Cc1ccc(Cc2cnc[nH]2)cc1. The molecule has 0 atom stereocenters. The predicted octanol–water partition coefficient (Wildman–Crippen LogP) is 3.20. The molecule has 0 aliphatic carbocycles. The van der Waals surface area contributed by atoms with Crippen LogP contribution in [0, 0.1) is 5.92 Å². The van der Waals surface area contributed by atoms with Crippen LogP contribution in [0.15, 0.2) is 36.8 Å². The van der Waals surface area contributed by atoms with Crippen molar-refractivity contribution in [1.82, 2.24) is 9.97 Å². The van der Waals surface area contributed by atoms with Gasteiger partial charge >= 0.3 is 0 Å². The molecule has 2 rings (SSSR count). The Morgan fingerprint density at radius 2 is 1.81 bits per heavy atom. The van der Waals surface area contributed by atoms with Gasteiger partial charge in [-0.1, -0.05) is 38.1 Å². The highest BCUT2D eigenvalue weighted by Crippen LogP contribution is 2.12. The lowest BCUT2D eigenvalue weighted by molar-refractivity contribution is 0.647. The maximum atomic E-state index is 4.02. The fraction of sp³-hybridized carbons (Fsp3) is 0.357. The van der Waals surface area contributed by atoms with Crippen molar-refractivity contribution in [2.45, 2.75) is 26.7 Å². The van der Waals surface area contributed by atoms with Crippen LogP contribution in [0.25, 0.3) is 0 Å². The zero-order valence-electron chi connectivity index (χ0n) is 9.90. The third kappa shape index (κ3) is 2.96. The van der Waals surface area contributed by atoms with E-state index in [1.54, 1.807) is 6.33 Å². The molecule has 0 fully saturated rings. The summed E-state index contributed by atoms with van der Waals surface area (Å²) in [5.41, 5.74) is 3.91. The molecular formula is C14H18N2. The van der Waals surface area contributed by atoms with Crippen LogP contribution >= 0.6 is 0 Å². The fourth-order valence-corrected chi connectivity index (χ4v) is 1.87. The van der Waals surface area contributed by atoms with Gasteiger partial charge in [-0.2, -0.15) is 0 Å². The van der Waals surface area contributed by atoms with Crippen LogP contribution < -0.4 is 0 Å². The first-order valence-electron chi connectivity index (χ1n) is 5.79. The third-order valence-corrected chi connectivity index (χ3v) is 2.62. The molecule has 0 radical (unpaired) electrons. The van der Waals surface area contributed by atoms with E-state index in [0.717, 1.165) is 24.5 Å². The number of nitrogens with one attached hydrogen (secondary N) is 1. The topological polar surface area (TPSA) is 28.7 Å². The highest BCUT2D eigenvalue weighted by atomic mass is 14.9. The van der Waals surface area contributed by atoms with Crippen LogP contribution in [-0.2, 0) is 12.8 Å². The third-order valence-electron chi connectivity index (χ3n) is 2.62. The Kier molecular flexibility index (Phi) is 3.40. The first-order chi connectivity index (χ1) is 7.74. The molecule has 0 bridgehead atoms. The Morgan fingerprint density at radius 1 is 1.12 bits per heavy atom. The minimum Gasteiger partial charge on any atom is -0.348 e. The monoisotopic (exact) mass is 214 g/mol. The van der Waals surface area contributed by atoms with Crippen molar-refractivity contribution in [3.05, 3.63) is 53.6 Å². The molecule has 1 aromatic carbocycles. The number of rotatable bonds is 4. The van der Waals surface area contributed by atoms with Crippen LogP contribution in [0.3, 0.4) is 0 Å². The maximum Gasteiger partial charge on any atom is 0.0921 e. The molecule has 0 aliphatic rings. The van der Waals surface area contributed by atoms with Crippen molar-refractivity contribution in [1.29, 1.82) is 0 Å². The minimum atomic E-state index is 0.721. The Balaban J connectivity index is 2.02. The Morgan fingerprint density at radius 3 is 2.38 bits per heavy atom. The minimum absolute atomic E-state index is 0.721. The smallest absolute Gasteiger partial charge is 0.0921 e. The largest absolute Gasteiger partial charge is 0.348 e. The summed E-state index contributed by atoms with van der Waals surface area (Å²) in [6.07, 6.45) is 5.69. The van der Waals surface area contributed by atoms with Crippen LogP contribution in [0.2, 0.25) is 0 Å². The average Bonchev–Trinajstić information content (AvgIpc) is 2.73. The first-order valence-corrected chi connectivity index (χ1v) is 5.79. The molecule has 84 valence electrons. The molecule has 0 aliphatic heterocycles. The van der Waals surface area contributed by atoms with E-state index in [1.807, 2.05) is 6.20 Å². The summed E-state index contributed by atoms with van der Waals surface area (Å²) < 4.78 is 0. The number of H-pyrrole nitrogens is 1. The molecule has 0 amide bonds. The molecule has 0 unspecified atom stereocenters. The van der Waals surface area contributed by atoms with Crippen molar-refractivity contribution in [3.63, 3.8) is 0 Å². The average molecular weight is 214 g/mol. The van der Waals surface area contributed by atoms with E-state index >= 15 is 0 Å². The summed E-state index contributed by atoms with van der Waals surface area (Å²) in [5.74, 6) is 0.721. The number of benzene rings is 1. The molecule has 1 N–H and O–H groups in total. The van der Waals surface area contributed by atoms with Crippen LogP contribution in [-0.4, -0.2) is 9.97 Å². The van der Waals surface area contributed by atoms with Gasteiger partial charge in [0.25, 0.3) is 0 Å². The standard InChI is InChI=1S/C14H18N2/c1-11(2)7-12-3-5-13(6-4-12)8-14-9-15-10-16-14/h3-6,9-11H,7-8H2,1-2H3,(H,15,16). The number of nitrogens with zero attached hydrogens (tertiary/aromatic N) is 1. The van der Waals surface area contributed by atoms with E-state index in [2.05, 4.69) is 48.1 Å². The van der Waals surface area contributed by atoms with Crippen molar-refractivity contribution in [3.8, 4) is 0 Å². The number of hydrogen-bond acceptors (Lipinski definition) is 1. The molecule has 2 heteroatoms. The molecule has 1 aromatic heterocycles. The van der Waals surface area contributed by atoms with E-state index in [4.69, 9.17) is 0 Å². The van der Waals surface area contributed by atoms with E-state index in [1.165, 1.54) is 11.1 Å². The molecule has 16 heavy (non-hydrogen) atoms. The predicted molar refractivity (Wildman–Crippen MR) is 66.4 cm³/mol. The van der Waals surface area contributed by atoms with Gasteiger partial charge in [-0.25, -0.2) is 4.98 Å². The van der Waals surface area contributed by atoms with E-state index in [0.29, 0.717) is 0 Å². The normalized spacial score (nSPS) is 10.9. The van der Waals surface area contributed by atoms with Gasteiger partial charge in [0.2, 0.25) is 0 Å². The van der Waals surface area contributed by atoms with E-state index in [9.17, 15) is 0 Å². The van der Waals surface area contributed by atoms with Crippen molar-refractivity contribution >= 4 is 0 Å². The Hall–Kier alpha value is -1.57. The number of hydrogen-bond donors (Lipinski definition) is 1. The van der Waals surface area contributed by atoms with E-state index < -0.39 is 0 Å². The van der Waals surface area contributed by atoms with Crippen LogP contribution in [0.4, 0.5) is 0 Å². The van der Waals surface area contributed by atoms with Crippen molar-refractivity contribution < 1.29 is 0 Å². The van der Waals surface area contributed by atoms with Crippen molar-refractivity contribution in [2.75, 3.05) is 0 Å². The molecule has 0 saturated heterocycles. The molecule has 0 spiro atoms. The summed E-state index contributed by atoms with van der Waals surface area (Å²) in [6.45, 7) is 4.50. The lowest BCUT2D eigenvalue weighted by atomic mass is 10.0. The molecule has 1 heterocycles. The van der Waals surface area contributed by atoms with Gasteiger partial charge in [0.15, 0.2) is 0 Å². The maximum absolute atomic E-state index is 4.02. The van der Waals surface area contributed by atoms with Crippen LogP contribution in [0.1, 0.15) is 30.7 Å². The van der Waals surface area contributed by atoms with E-state index in [-0.39, 0.29) is 0 Å². The van der Waals surface area contributed by atoms with Gasteiger partial charge in [0.05, 0.1) is 6.33 Å².